The number of carbonyl (C=O) groups excluding carboxylic acids is 2. The first-order valence-corrected chi connectivity index (χ1v) is 8.95. The zero-order chi connectivity index (χ0) is 19.2. The molecule has 1 aliphatic rings. The van der Waals surface area contributed by atoms with Gasteiger partial charge in [-0.25, -0.2) is 0 Å². The summed E-state index contributed by atoms with van der Waals surface area (Å²) in [6.45, 7) is 0. The van der Waals surface area contributed by atoms with Gasteiger partial charge in [0, 0.05) is 29.4 Å². The maximum absolute atomic E-state index is 12.2. The SMILES string of the molecule is O=C(Cc1ccc([N+](=O)[O-])cc1)Nc1ccc(C(=O)NC2CCCC2)cc1. The molecule has 0 unspecified atom stereocenters. The second-order valence-corrected chi connectivity index (χ2v) is 6.68. The number of non-ortho nitro benzene ring substituents is 1. The van der Waals surface area contributed by atoms with Crippen molar-refractivity contribution >= 4 is 23.2 Å². The van der Waals surface area contributed by atoms with Gasteiger partial charge in [0.25, 0.3) is 11.6 Å². The number of carbonyl (C=O) groups is 2. The maximum atomic E-state index is 12.2. The summed E-state index contributed by atoms with van der Waals surface area (Å²) in [5, 5.41) is 16.4. The van der Waals surface area contributed by atoms with Gasteiger partial charge < -0.3 is 10.6 Å². The number of nitro groups is 1. The molecule has 2 aromatic rings. The quantitative estimate of drug-likeness (QED) is 0.603. The minimum absolute atomic E-state index is 0.00868. The lowest BCUT2D eigenvalue weighted by Crippen LogP contribution is -2.32. The van der Waals surface area contributed by atoms with Crippen LogP contribution in [0.3, 0.4) is 0 Å². The summed E-state index contributed by atoms with van der Waals surface area (Å²) >= 11 is 0. The van der Waals surface area contributed by atoms with Gasteiger partial charge in [0.1, 0.15) is 0 Å². The number of benzene rings is 2. The topological polar surface area (TPSA) is 101 Å². The van der Waals surface area contributed by atoms with Crippen LogP contribution in [0, 0.1) is 10.1 Å². The summed E-state index contributed by atoms with van der Waals surface area (Å²) in [6, 6.07) is 12.9. The molecule has 27 heavy (non-hydrogen) atoms. The molecule has 0 bridgehead atoms. The molecule has 2 N–H and O–H groups in total. The predicted molar refractivity (Wildman–Crippen MR) is 102 cm³/mol. The standard InChI is InChI=1S/C20H21N3O4/c24-19(13-14-5-11-18(12-6-14)23(26)27)21-17-9-7-15(8-10-17)20(25)22-16-3-1-2-4-16/h5-12,16H,1-4,13H2,(H,21,24)(H,22,25). The van der Waals surface area contributed by atoms with Crippen LogP contribution in [0.25, 0.3) is 0 Å². The van der Waals surface area contributed by atoms with Gasteiger partial charge in [-0.1, -0.05) is 25.0 Å². The Bertz CT molecular complexity index is 825. The van der Waals surface area contributed by atoms with Gasteiger partial charge in [-0.15, -0.1) is 0 Å². The summed E-state index contributed by atoms with van der Waals surface area (Å²) in [6.07, 6.45) is 4.49. The average Bonchev–Trinajstić information content (AvgIpc) is 3.15. The highest BCUT2D eigenvalue weighted by Crippen LogP contribution is 2.19. The van der Waals surface area contributed by atoms with Crippen molar-refractivity contribution in [3.05, 3.63) is 69.8 Å². The van der Waals surface area contributed by atoms with E-state index in [0.29, 0.717) is 16.8 Å². The smallest absolute Gasteiger partial charge is 0.269 e. The van der Waals surface area contributed by atoms with Crippen LogP contribution in [0.4, 0.5) is 11.4 Å². The lowest BCUT2D eigenvalue weighted by atomic mass is 10.1. The highest BCUT2D eigenvalue weighted by Gasteiger charge is 2.17. The Hall–Kier alpha value is -3.22. The molecule has 0 aliphatic heterocycles. The number of nitrogens with one attached hydrogen (secondary N) is 2. The Morgan fingerprint density at radius 3 is 2.22 bits per heavy atom. The van der Waals surface area contributed by atoms with Crippen LogP contribution in [-0.4, -0.2) is 22.8 Å². The fourth-order valence-corrected chi connectivity index (χ4v) is 3.17. The van der Waals surface area contributed by atoms with Crippen molar-refractivity contribution < 1.29 is 14.5 Å². The molecule has 7 nitrogen and oxygen atoms in total. The normalized spacial score (nSPS) is 13.9. The summed E-state index contributed by atoms with van der Waals surface area (Å²) in [5.41, 5.74) is 1.84. The summed E-state index contributed by atoms with van der Waals surface area (Å²) in [7, 11) is 0. The average molecular weight is 367 g/mol. The fourth-order valence-electron chi connectivity index (χ4n) is 3.17. The third-order valence-corrected chi connectivity index (χ3v) is 4.63. The monoisotopic (exact) mass is 367 g/mol. The Morgan fingerprint density at radius 2 is 1.63 bits per heavy atom. The Morgan fingerprint density at radius 1 is 1.00 bits per heavy atom. The molecule has 1 aliphatic carbocycles. The molecular formula is C20H21N3O4. The Balaban J connectivity index is 1.53. The molecular weight excluding hydrogens is 346 g/mol. The lowest BCUT2D eigenvalue weighted by molar-refractivity contribution is -0.384. The first kappa shape index (κ1) is 18.6. The minimum Gasteiger partial charge on any atom is -0.349 e. The molecule has 140 valence electrons. The zero-order valence-electron chi connectivity index (χ0n) is 14.8. The number of nitrogens with zero attached hydrogens (tertiary/aromatic N) is 1. The van der Waals surface area contributed by atoms with E-state index in [2.05, 4.69) is 10.6 Å². The van der Waals surface area contributed by atoms with Crippen molar-refractivity contribution in [1.29, 1.82) is 0 Å². The van der Waals surface area contributed by atoms with E-state index in [1.807, 2.05) is 0 Å². The van der Waals surface area contributed by atoms with Crippen molar-refractivity contribution in [1.82, 2.24) is 5.32 Å². The van der Waals surface area contributed by atoms with E-state index in [1.165, 1.54) is 12.1 Å². The molecule has 3 rings (SSSR count). The van der Waals surface area contributed by atoms with E-state index in [9.17, 15) is 19.7 Å². The van der Waals surface area contributed by atoms with E-state index in [1.54, 1.807) is 36.4 Å². The number of amides is 2. The largest absolute Gasteiger partial charge is 0.349 e. The number of rotatable bonds is 6. The van der Waals surface area contributed by atoms with Crippen LogP contribution in [0.5, 0.6) is 0 Å². The summed E-state index contributed by atoms with van der Waals surface area (Å²) in [4.78, 5) is 34.5. The molecule has 1 saturated carbocycles. The zero-order valence-corrected chi connectivity index (χ0v) is 14.8. The van der Waals surface area contributed by atoms with E-state index in [-0.39, 0.29) is 30.0 Å². The first-order valence-electron chi connectivity index (χ1n) is 8.95. The first-order chi connectivity index (χ1) is 13.0. The second-order valence-electron chi connectivity index (χ2n) is 6.68. The lowest BCUT2D eigenvalue weighted by Gasteiger charge is -2.12. The van der Waals surface area contributed by atoms with Crippen LogP contribution >= 0.6 is 0 Å². The third-order valence-electron chi connectivity index (χ3n) is 4.63. The molecule has 0 aromatic heterocycles. The fraction of sp³-hybridized carbons (Fsp3) is 0.300. The van der Waals surface area contributed by atoms with Gasteiger partial charge in [0.05, 0.1) is 11.3 Å². The maximum Gasteiger partial charge on any atom is 0.269 e. The molecule has 7 heteroatoms. The Kier molecular flexibility index (Phi) is 5.80. The summed E-state index contributed by atoms with van der Waals surface area (Å²) in [5.74, 6) is -0.322. The highest BCUT2D eigenvalue weighted by atomic mass is 16.6. The predicted octanol–water partition coefficient (Wildman–Crippen LogP) is 3.45. The number of hydrogen-bond acceptors (Lipinski definition) is 4. The van der Waals surface area contributed by atoms with Gasteiger partial charge in [0.2, 0.25) is 5.91 Å². The Labute approximate surface area is 156 Å². The van der Waals surface area contributed by atoms with Crippen LogP contribution in [0.15, 0.2) is 48.5 Å². The second kappa shape index (κ2) is 8.44. The molecule has 0 spiro atoms. The van der Waals surface area contributed by atoms with Gasteiger partial charge in [0.15, 0.2) is 0 Å². The van der Waals surface area contributed by atoms with Crippen LogP contribution in [0.1, 0.15) is 41.6 Å². The molecule has 1 fully saturated rings. The highest BCUT2D eigenvalue weighted by molar-refractivity contribution is 5.96. The van der Waals surface area contributed by atoms with Gasteiger partial charge in [-0.2, -0.15) is 0 Å². The molecule has 2 amide bonds. The molecule has 0 heterocycles. The van der Waals surface area contributed by atoms with Crippen LogP contribution in [-0.2, 0) is 11.2 Å². The summed E-state index contributed by atoms with van der Waals surface area (Å²) < 4.78 is 0. The van der Waals surface area contributed by atoms with Crippen LogP contribution < -0.4 is 10.6 Å². The van der Waals surface area contributed by atoms with Crippen molar-refractivity contribution in [3.63, 3.8) is 0 Å². The van der Waals surface area contributed by atoms with Gasteiger partial charge >= 0.3 is 0 Å². The van der Waals surface area contributed by atoms with E-state index in [4.69, 9.17) is 0 Å². The van der Waals surface area contributed by atoms with Crippen LogP contribution in [0.2, 0.25) is 0 Å². The molecule has 0 atom stereocenters. The third kappa shape index (κ3) is 5.13. The minimum atomic E-state index is -0.478. The molecule has 2 aromatic carbocycles. The number of anilines is 1. The number of nitro benzene ring substituents is 1. The van der Waals surface area contributed by atoms with E-state index < -0.39 is 4.92 Å². The number of hydrogen-bond donors (Lipinski definition) is 2. The molecule has 0 saturated heterocycles. The van der Waals surface area contributed by atoms with E-state index in [0.717, 1.165) is 25.7 Å². The van der Waals surface area contributed by atoms with Crippen molar-refractivity contribution in [3.8, 4) is 0 Å². The van der Waals surface area contributed by atoms with Gasteiger partial charge in [-0.3, -0.25) is 19.7 Å². The van der Waals surface area contributed by atoms with Crippen molar-refractivity contribution in [2.24, 2.45) is 0 Å². The van der Waals surface area contributed by atoms with E-state index >= 15 is 0 Å². The van der Waals surface area contributed by atoms with Crippen molar-refractivity contribution in [2.75, 3.05) is 5.32 Å². The molecule has 0 radical (unpaired) electrons. The van der Waals surface area contributed by atoms with Crippen molar-refractivity contribution in [2.45, 2.75) is 38.1 Å². The van der Waals surface area contributed by atoms with Gasteiger partial charge in [-0.05, 0) is 42.7 Å².